The molecule has 0 saturated carbocycles. The third-order valence-corrected chi connectivity index (χ3v) is 13.7. The van der Waals surface area contributed by atoms with Crippen molar-refractivity contribution in [2.75, 3.05) is 0 Å². The van der Waals surface area contributed by atoms with Crippen molar-refractivity contribution >= 4 is 21.8 Å². The molecule has 0 fully saturated rings. The lowest BCUT2D eigenvalue weighted by Crippen LogP contribution is -2.15. The molecule has 3 aromatic heterocycles. The van der Waals surface area contributed by atoms with Crippen LogP contribution in [0.25, 0.3) is 118 Å². The van der Waals surface area contributed by atoms with Gasteiger partial charge in [0.1, 0.15) is 0 Å². The molecule has 70 heavy (non-hydrogen) atoms. The smallest absolute Gasteiger partial charge is 0.164 e. The van der Waals surface area contributed by atoms with E-state index in [-0.39, 0.29) is 5.41 Å². The summed E-state index contributed by atoms with van der Waals surface area (Å²) in [4.78, 5) is 30.3. The van der Waals surface area contributed by atoms with Gasteiger partial charge in [0.15, 0.2) is 34.9 Å². The van der Waals surface area contributed by atoms with Crippen LogP contribution in [0.5, 0.6) is 0 Å². The molecule has 1 aliphatic carbocycles. The molecular formula is C63H43N7. The van der Waals surface area contributed by atoms with Crippen molar-refractivity contribution < 1.29 is 0 Å². The first-order chi connectivity index (χ1) is 34.4. The second-order valence-electron chi connectivity index (χ2n) is 18.3. The molecule has 12 aromatic rings. The van der Waals surface area contributed by atoms with Gasteiger partial charge in [-0.25, -0.2) is 29.9 Å². The molecule has 1 aliphatic rings. The second kappa shape index (κ2) is 16.5. The molecular weight excluding hydrogens is 855 g/mol. The number of aromatic nitrogens is 7. The topological polar surface area (TPSA) is 82.3 Å². The monoisotopic (exact) mass is 897 g/mol. The van der Waals surface area contributed by atoms with Crippen molar-refractivity contribution in [1.82, 2.24) is 34.5 Å². The van der Waals surface area contributed by atoms with Gasteiger partial charge in [-0.1, -0.05) is 202 Å². The number of benzene rings is 9. The number of hydrogen-bond donors (Lipinski definition) is 0. The zero-order valence-corrected chi connectivity index (χ0v) is 38.5. The maximum absolute atomic E-state index is 5.16. The van der Waals surface area contributed by atoms with Gasteiger partial charge in [-0.2, -0.15) is 0 Å². The molecule has 0 amide bonds. The first-order valence-corrected chi connectivity index (χ1v) is 23.6. The highest BCUT2D eigenvalue weighted by atomic mass is 15.0. The highest BCUT2D eigenvalue weighted by molar-refractivity contribution is 6.10. The number of nitrogens with zero attached hydrogens (tertiary/aromatic N) is 7. The maximum Gasteiger partial charge on any atom is 0.164 e. The molecule has 0 spiro atoms. The summed E-state index contributed by atoms with van der Waals surface area (Å²) < 4.78 is 2.35. The van der Waals surface area contributed by atoms with Gasteiger partial charge in [0, 0.05) is 55.3 Å². The van der Waals surface area contributed by atoms with Crippen LogP contribution in [0.3, 0.4) is 0 Å². The summed E-state index contributed by atoms with van der Waals surface area (Å²) in [6, 6.07) is 78.1. The van der Waals surface area contributed by atoms with Crippen LogP contribution in [0.1, 0.15) is 25.0 Å². The first-order valence-electron chi connectivity index (χ1n) is 23.6. The van der Waals surface area contributed by atoms with E-state index in [0.29, 0.717) is 34.9 Å². The Hall–Kier alpha value is -9.20. The summed E-state index contributed by atoms with van der Waals surface area (Å²) in [5, 5.41) is 2.36. The van der Waals surface area contributed by atoms with Gasteiger partial charge < -0.3 is 4.57 Å². The lowest BCUT2D eigenvalue weighted by atomic mass is 9.81. The molecule has 0 atom stereocenters. The molecule has 0 saturated heterocycles. The SMILES string of the molecule is CC1(C)c2cc(-c3ccc4c(c3)c3ccccc3n4-c3cccc(-c4nc(-c5ccccc5)nc(-c5ccccc5)n4)c3)ccc2-c2c(-c3nc(-c4ccccc4)nc(-c4ccccc4)n3)cccc21. The Morgan fingerprint density at radius 1 is 0.300 bits per heavy atom. The van der Waals surface area contributed by atoms with Crippen LogP contribution in [-0.4, -0.2) is 34.5 Å². The molecule has 0 aliphatic heterocycles. The van der Waals surface area contributed by atoms with Gasteiger partial charge in [-0.3, -0.25) is 0 Å². The lowest BCUT2D eigenvalue weighted by molar-refractivity contribution is 0.660. The molecule has 9 aromatic carbocycles. The average Bonchev–Trinajstić information content (AvgIpc) is 3.89. The zero-order valence-electron chi connectivity index (χ0n) is 38.5. The van der Waals surface area contributed by atoms with Gasteiger partial charge in [-0.15, -0.1) is 0 Å². The predicted octanol–water partition coefficient (Wildman–Crippen LogP) is 15.1. The molecule has 13 rings (SSSR count). The van der Waals surface area contributed by atoms with E-state index in [1.54, 1.807) is 0 Å². The molecule has 0 bridgehead atoms. The molecule has 7 heteroatoms. The highest BCUT2D eigenvalue weighted by Gasteiger charge is 2.38. The second-order valence-corrected chi connectivity index (χ2v) is 18.3. The Bertz CT molecular complexity index is 3840. The van der Waals surface area contributed by atoms with Crippen molar-refractivity contribution in [3.8, 4) is 96.3 Å². The molecule has 330 valence electrons. The van der Waals surface area contributed by atoms with E-state index in [4.69, 9.17) is 29.9 Å². The van der Waals surface area contributed by atoms with Crippen molar-refractivity contribution in [2.24, 2.45) is 0 Å². The number of hydrogen-bond acceptors (Lipinski definition) is 6. The molecule has 0 N–H and O–H groups in total. The Labute approximate surface area is 405 Å². The normalized spacial score (nSPS) is 12.5. The Balaban J connectivity index is 0.903. The molecule has 3 heterocycles. The summed E-state index contributed by atoms with van der Waals surface area (Å²) in [6.07, 6.45) is 0. The minimum atomic E-state index is -0.276. The van der Waals surface area contributed by atoms with E-state index in [9.17, 15) is 0 Å². The van der Waals surface area contributed by atoms with Crippen molar-refractivity contribution in [2.45, 2.75) is 19.3 Å². The van der Waals surface area contributed by atoms with Gasteiger partial charge in [0.05, 0.1) is 11.0 Å². The fourth-order valence-corrected chi connectivity index (χ4v) is 10.2. The predicted molar refractivity (Wildman–Crippen MR) is 283 cm³/mol. The fourth-order valence-electron chi connectivity index (χ4n) is 10.2. The number of rotatable bonds is 8. The van der Waals surface area contributed by atoms with Gasteiger partial charge in [0.25, 0.3) is 0 Å². The summed E-state index contributed by atoms with van der Waals surface area (Å²) in [6.45, 7) is 4.66. The van der Waals surface area contributed by atoms with Crippen LogP contribution in [0.4, 0.5) is 0 Å². The van der Waals surface area contributed by atoms with Crippen molar-refractivity contribution in [1.29, 1.82) is 0 Å². The maximum atomic E-state index is 5.16. The fraction of sp³-hybridized carbons (Fsp3) is 0.0476. The lowest BCUT2D eigenvalue weighted by Gasteiger charge is -2.22. The van der Waals surface area contributed by atoms with E-state index in [2.05, 4.69) is 146 Å². The highest BCUT2D eigenvalue weighted by Crippen LogP contribution is 2.53. The van der Waals surface area contributed by atoms with Gasteiger partial charge >= 0.3 is 0 Å². The van der Waals surface area contributed by atoms with E-state index in [0.717, 1.165) is 61.2 Å². The summed E-state index contributed by atoms with van der Waals surface area (Å²) in [5.74, 6) is 3.85. The van der Waals surface area contributed by atoms with E-state index >= 15 is 0 Å². The third-order valence-electron chi connectivity index (χ3n) is 13.7. The van der Waals surface area contributed by atoms with Gasteiger partial charge in [0.2, 0.25) is 0 Å². The standard InChI is InChI=1S/C63H43N7/c1-63(2)52-31-18-30-50(62-68-59(42-23-11-5-12-24-42)65-60(69-62)43-25-13-6-14-26-43)56(52)49-35-33-45(39-53(49)63)44-34-36-55-51(38-44)48-29-15-16-32-54(48)70(55)47-28-17-27-46(37-47)61-66-57(40-19-7-3-8-20-40)64-58(67-61)41-21-9-4-10-22-41/h3-39H,1-2H3. The first kappa shape index (κ1) is 41.0. The van der Waals surface area contributed by atoms with Crippen LogP contribution >= 0.6 is 0 Å². The number of fused-ring (bicyclic) bond motifs is 6. The van der Waals surface area contributed by atoms with Crippen molar-refractivity contribution in [3.63, 3.8) is 0 Å². The molecule has 0 radical (unpaired) electrons. The van der Waals surface area contributed by atoms with Crippen LogP contribution in [0, 0.1) is 0 Å². The zero-order chi connectivity index (χ0) is 46.8. The summed E-state index contributed by atoms with van der Waals surface area (Å²) in [5.41, 5.74) is 15.9. The molecule has 0 unspecified atom stereocenters. The van der Waals surface area contributed by atoms with E-state index in [1.807, 2.05) is 97.1 Å². The van der Waals surface area contributed by atoms with E-state index in [1.165, 1.54) is 33.0 Å². The van der Waals surface area contributed by atoms with Gasteiger partial charge in [-0.05, 0) is 69.8 Å². The Morgan fingerprint density at radius 2 is 0.757 bits per heavy atom. The Morgan fingerprint density at radius 3 is 1.34 bits per heavy atom. The van der Waals surface area contributed by atoms with E-state index < -0.39 is 0 Å². The Kier molecular flexibility index (Phi) is 9.69. The largest absolute Gasteiger partial charge is 0.309 e. The third kappa shape index (κ3) is 6.98. The van der Waals surface area contributed by atoms with Crippen LogP contribution in [-0.2, 0) is 5.41 Å². The number of para-hydroxylation sites is 1. The van der Waals surface area contributed by atoms with Crippen LogP contribution < -0.4 is 0 Å². The minimum Gasteiger partial charge on any atom is -0.309 e. The van der Waals surface area contributed by atoms with Crippen LogP contribution in [0.15, 0.2) is 224 Å². The summed E-state index contributed by atoms with van der Waals surface area (Å²) in [7, 11) is 0. The summed E-state index contributed by atoms with van der Waals surface area (Å²) >= 11 is 0. The quantitative estimate of drug-likeness (QED) is 0.151. The average molecular weight is 898 g/mol. The van der Waals surface area contributed by atoms with Crippen molar-refractivity contribution in [3.05, 3.63) is 236 Å². The van der Waals surface area contributed by atoms with Crippen LogP contribution in [0.2, 0.25) is 0 Å². The molecule has 7 nitrogen and oxygen atoms in total. The minimum absolute atomic E-state index is 0.276.